The predicted octanol–water partition coefficient (Wildman–Crippen LogP) is 5.02. The van der Waals surface area contributed by atoms with Crippen LogP contribution >= 0.6 is 11.6 Å². The lowest BCUT2D eigenvalue weighted by Crippen LogP contribution is -2.43. The highest BCUT2D eigenvalue weighted by Gasteiger charge is 2.26. The van der Waals surface area contributed by atoms with Gasteiger partial charge in [-0.15, -0.1) is 0 Å². The van der Waals surface area contributed by atoms with Gasteiger partial charge in [-0.25, -0.2) is 4.39 Å². The summed E-state index contributed by atoms with van der Waals surface area (Å²) in [6.07, 6.45) is 7.45. The van der Waals surface area contributed by atoms with Crippen molar-refractivity contribution in [1.82, 2.24) is 9.88 Å². The summed E-state index contributed by atoms with van der Waals surface area (Å²) in [7, 11) is 0. The number of anilines is 2. The third kappa shape index (κ3) is 4.10. The van der Waals surface area contributed by atoms with Crippen molar-refractivity contribution in [3.8, 4) is 0 Å². The molecule has 3 rings (SSSR count). The molecule has 1 aromatic heterocycles. The zero-order valence-corrected chi connectivity index (χ0v) is 14.9. The molecule has 0 aliphatic carbocycles. The van der Waals surface area contributed by atoms with Gasteiger partial charge in [0.25, 0.3) is 5.91 Å². The Labute approximate surface area is 152 Å². The number of nitrogens with zero attached hydrogens (tertiary/aromatic N) is 2. The van der Waals surface area contributed by atoms with E-state index in [1.54, 1.807) is 24.5 Å². The van der Waals surface area contributed by atoms with Crippen LogP contribution in [0.3, 0.4) is 0 Å². The molecule has 0 bridgehead atoms. The van der Waals surface area contributed by atoms with E-state index in [4.69, 9.17) is 11.6 Å². The molecule has 25 heavy (non-hydrogen) atoms. The highest BCUT2D eigenvalue weighted by atomic mass is 35.5. The standard InChI is InChI=1S/C19H21ClFN3O/c1-2-16-5-3-4-8-24(16)19(25)13-9-15(12-22-11-13)23-14-6-7-18(21)17(20)10-14/h6-7,9-12,16,23H,2-5,8H2,1H3. The van der Waals surface area contributed by atoms with Crippen LogP contribution in [0.4, 0.5) is 15.8 Å². The molecule has 1 N–H and O–H groups in total. The van der Waals surface area contributed by atoms with Gasteiger partial charge in [0.2, 0.25) is 0 Å². The normalized spacial score (nSPS) is 17.4. The zero-order valence-electron chi connectivity index (χ0n) is 14.1. The number of carbonyl (C=O) groups is 1. The minimum absolute atomic E-state index is 0.0137. The summed E-state index contributed by atoms with van der Waals surface area (Å²) in [4.78, 5) is 19.0. The van der Waals surface area contributed by atoms with E-state index >= 15 is 0 Å². The molecule has 132 valence electrons. The molecule has 1 fully saturated rings. The topological polar surface area (TPSA) is 45.2 Å². The minimum Gasteiger partial charge on any atom is -0.354 e. The van der Waals surface area contributed by atoms with Gasteiger partial charge in [0.1, 0.15) is 5.82 Å². The van der Waals surface area contributed by atoms with Crippen LogP contribution < -0.4 is 5.32 Å². The summed E-state index contributed by atoms with van der Waals surface area (Å²) in [6.45, 7) is 2.91. The summed E-state index contributed by atoms with van der Waals surface area (Å²) >= 11 is 5.80. The molecule has 1 aromatic carbocycles. The van der Waals surface area contributed by atoms with Gasteiger partial charge >= 0.3 is 0 Å². The fourth-order valence-electron chi connectivity index (χ4n) is 3.22. The highest BCUT2D eigenvalue weighted by Crippen LogP contribution is 2.25. The molecule has 1 saturated heterocycles. The number of aromatic nitrogens is 1. The molecular formula is C19H21ClFN3O. The Balaban J connectivity index is 1.78. The molecule has 6 heteroatoms. The SMILES string of the molecule is CCC1CCCCN1C(=O)c1cncc(Nc2ccc(F)c(Cl)c2)c1. The van der Waals surface area contributed by atoms with Crippen LogP contribution in [0.5, 0.6) is 0 Å². The Morgan fingerprint density at radius 3 is 2.92 bits per heavy atom. The first kappa shape index (κ1) is 17.7. The van der Waals surface area contributed by atoms with E-state index in [0.717, 1.165) is 25.8 Å². The molecule has 1 aliphatic heterocycles. The van der Waals surface area contributed by atoms with Crippen molar-refractivity contribution in [3.05, 3.63) is 53.1 Å². The van der Waals surface area contributed by atoms with Gasteiger partial charge in [-0.1, -0.05) is 18.5 Å². The second-order valence-corrected chi connectivity index (χ2v) is 6.68. The second-order valence-electron chi connectivity index (χ2n) is 6.27. The molecule has 1 atom stereocenters. The number of hydrogen-bond acceptors (Lipinski definition) is 3. The lowest BCUT2D eigenvalue weighted by Gasteiger charge is -2.35. The lowest BCUT2D eigenvalue weighted by atomic mass is 9.99. The van der Waals surface area contributed by atoms with Crippen LogP contribution in [0.2, 0.25) is 5.02 Å². The van der Waals surface area contributed by atoms with Crippen LogP contribution in [0.1, 0.15) is 43.0 Å². The lowest BCUT2D eigenvalue weighted by molar-refractivity contribution is 0.0607. The molecule has 0 radical (unpaired) electrons. The Bertz CT molecular complexity index is 768. The third-order valence-corrected chi connectivity index (χ3v) is 4.84. The van der Waals surface area contributed by atoms with Crippen LogP contribution in [0.25, 0.3) is 0 Å². The van der Waals surface area contributed by atoms with Crippen LogP contribution in [0.15, 0.2) is 36.7 Å². The average Bonchev–Trinajstić information content (AvgIpc) is 2.64. The fourth-order valence-corrected chi connectivity index (χ4v) is 3.40. The maximum absolute atomic E-state index is 13.3. The Kier molecular flexibility index (Phi) is 5.53. The molecule has 0 saturated carbocycles. The van der Waals surface area contributed by atoms with Crippen molar-refractivity contribution in [2.75, 3.05) is 11.9 Å². The molecule has 1 amide bonds. The van der Waals surface area contributed by atoms with Gasteiger partial charge in [0.15, 0.2) is 0 Å². The van der Waals surface area contributed by atoms with E-state index in [1.165, 1.54) is 18.6 Å². The monoisotopic (exact) mass is 361 g/mol. The number of piperidine rings is 1. The van der Waals surface area contributed by atoms with E-state index in [9.17, 15) is 9.18 Å². The first-order chi connectivity index (χ1) is 12.1. The van der Waals surface area contributed by atoms with E-state index < -0.39 is 5.82 Å². The number of amides is 1. The number of halogens is 2. The third-order valence-electron chi connectivity index (χ3n) is 4.55. The van der Waals surface area contributed by atoms with Crippen molar-refractivity contribution in [1.29, 1.82) is 0 Å². The Morgan fingerprint density at radius 2 is 2.16 bits per heavy atom. The zero-order chi connectivity index (χ0) is 17.8. The summed E-state index contributed by atoms with van der Waals surface area (Å²) < 4.78 is 13.3. The van der Waals surface area contributed by atoms with Gasteiger partial charge in [0, 0.05) is 24.5 Å². The van der Waals surface area contributed by atoms with Crippen LogP contribution in [-0.2, 0) is 0 Å². The minimum atomic E-state index is -0.468. The van der Waals surface area contributed by atoms with Gasteiger partial charge in [0.05, 0.1) is 22.5 Å². The number of rotatable bonds is 4. The van der Waals surface area contributed by atoms with Crippen molar-refractivity contribution in [2.45, 2.75) is 38.6 Å². The van der Waals surface area contributed by atoms with Gasteiger partial charge in [-0.3, -0.25) is 9.78 Å². The number of hydrogen-bond donors (Lipinski definition) is 1. The first-order valence-corrected chi connectivity index (χ1v) is 8.94. The van der Waals surface area contributed by atoms with Crippen molar-refractivity contribution < 1.29 is 9.18 Å². The molecule has 0 spiro atoms. The van der Waals surface area contributed by atoms with Crippen molar-refractivity contribution in [3.63, 3.8) is 0 Å². The Morgan fingerprint density at radius 1 is 1.32 bits per heavy atom. The predicted molar refractivity (Wildman–Crippen MR) is 97.9 cm³/mol. The fraction of sp³-hybridized carbons (Fsp3) is 0.368. The molecule has 2 heterocycles. The summed E-state index contributed by atoms with van der Waals surface area (Å²) in [5.41, 5.74) is 1.86. The average molecular weight is 362 g/mol. The quantitative estimate of drug-likeness (QED) is 0.831. The number of benzene rings is 1. The maximum Gasteiger partial charge on any atom is 0.255 e. The van der Waals surface area contributed by atoms with E-state index in [1.807, 2.05) is 4.90 Å². The summed E-state index contributed by atoms with van der Waals surface area (Å²) in [6, 6.07) is 6.46. The number of likely N-dealkylation sites (tertiary alicyclic amines) is 1. The van der Waals surface area contributed by atoms with E-state index in [2.05, 4.69) is 17.2 Å². The number of nitrogens with one attached hydrogen (secondary N) is 1. The first-order valence-electron chi connectivity index (χ1n) is 8.56. The number of carbonyl (C=O) groups excluding carboxylic acids is 1. The van der Waals surface area contributed by atoms with E-state index in [0.29, 0.717) is 23.0 Å². The molecule has 2 aromatic rings. The number of pyridine rings is 1. The molecule has 4 nitrogen and oxygen atoms in total. The van der Waals surface area contributed by atoms with Gasteiger partial charge in [-0.05, 0) is 49.9 Å². The van der Waals surface area contributed by atoms with Crippen LogP contribution in [-0.4, -0.2) is 28.4 Å². The molecule has 1 aliphatic rings. The smallest absolute Gasteiger partial charge is 0.255 e. The van der Waals surface area contributed by atoms with Crippen molar-refractivity contribution >= 4 is 28.9 Å². The van der Waals surface area contributed by atoms with Gasteiger partial charge in [-0.2, -0.15) is 0 Å². The highest BCUT2D eigenvalue weighted by molar-refractivity contribution is 6.31. The summed E-state index contributed by atoms with van der Waals surface area (Å²) in [5.74, 6) is -0.454. The summed E-state index contributed by atoms with van der Waals surface area (Å²) in [5, 5.41) is 3.16. The Hall–Kier alpha value is -2.14. The maximum atomic E-state index is 13.3. The van der Waals surface area contributed by atoms with E-state index in [-0.39, 0.29) is 10.9 Å². The van der Waals surface area contributed by atoms with Crippen LogP contribution in [0, 0.1) is 5.82 Å². The molecular weight excluding hydrogens is 341 g/mol. The largest absolute Gasteiger partial charge is 0.354 e. The van der Waals surface area contributed by atoms with Gasteiger partial charge < -0.3 is 10.2 Å². The van der Waals surface area contributed by atoms with Crippen molar-refractivity contribution in [2.24, 2.45) is 0 Å². The molecule has 1 unspecified atom stereocenters. The second kappa shape index (κ2) is 7.83.